The zero-order chi connectivity index (χ0) is 15.0. The monoisotopic (exact) mass is 304 g/mol. The van der Waals surface area contributed by atoms with Crippen LogP contribution in [0.2, 0.25) is 0 Å². The topological polar surface area (TPSA) is 80.6 Å². The van der Waals surface area contributed by atoms with Crippen molar-refractivity contribution >= 4 is 10.0 Å². The molecule has 0 spiro atoms. The van der Waals surface area contributed by atoms with Crippen molar-refractivity contribution in [3.8, 4) is 0 Å². The normalized spacial score (nSPS) is 13.6. The van der Waals surface area contributed by atoms with Gasteiger partial charge in [-0.2, -0.15) is 0 Å². The van der Waals surface area contributed by atoms with E-state index in [9.17, 15) is 8.42 Å². The molecule has 20 heavy (non-hydrogen) atoms. The molecular formula is C13H24N2O4S. The van der Waals surface area contributed by atoms with Crippen molar-refractivity contribution in [2.75, 3.05) is 20.3 Å². The number of furan rings is 1. The van der Waals surface area contributed by atoms with Crippen molar-refractivity contribution in [1.29, 1.82) is 0 Å². The van der Waals surface area contributed by atoms with E-state index in [4.69, 9.17) is 9.15 Å². The first kappa shape index (κ1) is 17.2. The van der Waals surface area contributed by atoms with E-state index in [-0.39, 0.29) is 11.1 Å². The fraction of sp³-hybridized carbons (Fsp3) is 0.692. The Balaban J connectivity index is 2.59. The number of hydrogen-bond donors (Lipinski definition) is 2. The lowest BCUT2D eigenvalue weighted by atomic mass is 10.3. The standard InChI is InChI=1S/C13H24N2O4S/c1-4-8-14-10-12-5-6-13(19-12)20(16,17)15-11(2)7-9-18-3/h5-6,11,14-15H,4,7-10H2,1-3H3. The quantitative estimate of drug-likeness (QED) is 0.640. The maximum atomic E-state index is 12.1. The summed E-state index contributed by atoms with van der Waals surface area (Å²) in [6.07, 6.45) is 1.63. The number of ether oxygens (including phenoxy) is 1. The first-order valence-corrected chi connectivity index (χ1v) is 8.28. The number of hydrogen-bond acceptors (Lipinski definition) is 5. The van der Waals surface area contributed by atoms with Gasteiger partial charge in [0.15, 0.2) is 0 Å². The third kappa shape index (κ3) is 5.62. The molecule has 0 amide bonds. The average Bonchev–Trinajstić information content (AvgIpc) is 2.86. The molecule has 0 fully saturated rings. The van der Waals surface area contributed by atoms with Crippen LogP contribution in [0.1, 0.15) is 32.4 Å². The van der Waals surface area contributed by atoms with Crippen molar-refractivity contribution in [2.45, 2.75) is 44.4 Å². The zero-order valence-corrected chi connectivity index (χ0v) is 13.1. The van der Waals surface area contributed by atoms with Crippen LogP contribution in [0.15, 0.2) is 21.6 Å². The summed E-state index contributed by atoms with van der Waals surface area (Å²) in [4.78, 5) is 0. The highest BCUT2D eigenvalue weighted by atomic mass is 32.2. The molecule has 0 saturated carbocycles. The Kier molecular flexibility index (Phi) is 7.22. The van der Waals surface area contributed by atoms with E-state index >= 15 is 0 Å². The van der Waals surface area contributed by atoms with Crippen LogP contribution in [-0.2, 0) is 21.3 Å². The minimum Gasteiger partial charge on any atom is -0.447 e. The highest BCUT2D eigenvalue weighted by Crippen LogP contribution is 2.14. The van der Waals surface area contributed by atoms with Crippen LogP contribution in [0, 0.1) is 0 Å². The third-order valence-electron chi connectivity index (χ3n) is 2.74. The number of methoxy groups -OCH3 is 1. The summed E-state index contributed by atoms with van der Waals surface area (Å²) >= 11 is 0. The van der Waals surface area contributed by atoms with E-state index in [0.717, 1.165) is 13.0 Å². The minimum atomic E-state index is -3.60. The molecule has 1 atom stereocenters. The Morgan fingerprint density at radius 2 is 2.15 bits per heavy atom. The van der Waals surface area contributed by atoms with Gasteiger partial charge in [0.25, 0.3) is 10.0 Å². The summed E-state index contributed by atoms with van der Waals surface area (Å²) in [6, 6.07) is 2.96. The maximum Gasteiger partial charge on any atom is 0.274 e. The van der Waals surface area contributed by atoms with Gasteiger partial charge < -0.3 is 14.5 Å². The molecule has 0 aliphatic rings. The van der Waals surface area contributed by atoms with E-state index in [1.807, 2.05) is 0 Å². The third-order valence-corrected chi connectivity index (χ3v) is 4.20. The Labute approximate surface area is 120 Å². The second-order valence-electron chi connectivity index (χ2n) is 4.70. The fourth-order valence-electron chi connectivity index (χ4n) is 1.66. The summed E-state index contributed by atoms with van der Waals surface area (Å²) in [7, 11) is -2.01. The van der Waals surface area contributed by atoms with Crippen LogP contribution >= 0.6 is 0 Å². The van der Waals surface area contributed by atoms with E-state index in [1.165, 1.54) is 6.07 Å². The molecule has 0 radical (unpaired) electrons. The predicted octanol–water partition coefficient (Wildman–Crippen LogP) is 1.48. The van der Waals surface area contributed by atoms with Crippen molar-refractivity contribution in [3.05, 3.63) is 17.9 Å². The van der Waals surface area contributed by atoms with Gasteiger partial charge in [0, 0.05) is 19.8 Å². The van der Waals surface area contributed by atoms with Crippen LogP contribution in [0.3, 0.4) is 0 Å². The van der Waals surface area contributed by atoms with Gasteiger partial charge in [-0.1, -0.05) is 6.92 Å². The highest BCUT2D eigenvalue weighted by molar-refractivity contribution is 7.89. The molecule has 6 nitrogen and oxygen atoms in total. The van der Waals surface area contributed by atoms with E-state index in [2.05, 4.69) is 17.0 Å². The molecule has 1 heterocycles. The van der Waals surface area contributed by atoms with Crippen LogP contribution in [-0.4, -0.2) is 34.7 Å². The zero-order valence-electron chi connectivity index (χ0n) is 12.3. The predicted molar refractivity (Wildman–Crippen MR) is 77.0 cm³/mol. The fourth-order valence-corrected chi connectivity index (χ4v) is 2.89. The molecule has 1 rings (SSSR count). The Morgan fingerprint density at radius 1 is 1.40 bits per heavy atom. The van der Waals surface area contributed by atoms with Gasteiger partial charge in [-0.15, -0.1) is 0 Å². The molecule has 0 aromatic carbocycles. The van der Waals surface area contributed by atoms with Crippen LogP contribution in [0.5, 0.6) is 0 Å². The van der Waals surface area contributed by atoms with Gasteiger partial charge in [0.1, 0.15) is 5.76 Å². The average molecular weight is 304 g/mol. The molecule has 1 aromatic rings. The lowest BCUT2D eigenvalue weighted by molar-refractivity contribution is 0.188. The number of sulfonamides is 1. The van der Waals surface area contributed by atoms with Gasteiger partial charge in [-0.05, 0) is 38.4 Å². The second-order valence-corrected chi connectivity index (χ2v) is 6.35. The molecule has 116 valence electrons. The van der Waals surface area contributed by atoms with Gasteiger partial charge >= 0.3 is 0 Å². The molecule has 1 aromatic heterocycles. The first-order chi connectivity index (χ1) is 9.49. The van der Waals surface area contributed by atoms with Gasteiger partial charge in [-0.25, -0.2) is 13.1 Å². The van der Waals surface area contributed by atoms with Gasteiger partial charge in [0.05, 0.1) is 6.54 Å². The molecule has 7 heteroatoms. The molecular weight excluding hydrogens is 280 g/mol. The summed E-state index contributed by atoms with van der Waals surface area (Å²) in [6.45, 7) is 5.77. The minimum absolute atomic E-state index is 0.0462. The first-order valence-electron chi connectivity index (χ1n) is 6.80. The maximum absolute atomic E-state index is 12.1. The van der Waals surface area contributed by atoms with Crippen LogP contribution in [0.25, 0.3) is 0 Å². The molecule has 0 aliphatic heterocycles. The smallest absolute Gasteiger partial charge is 0.274 e. The van der Waals surface area contributed by atoms with Crippen LogP contribution in [0.4, 0.5) is 0 Å². The Bertz CT molecular complexity index is 484. The molecule has 0 bridgehead atoms. The van der Waals surface area contributed by atoms with Crippen molar-refractivity contribution in [3.63, 3.8) is 0 Å². The van der Waals surface area contributed by atoms with Crippen LogP contribution < -0.4 is 10.0 Å². The molecule has 2 N–H and O–H groups in total. The summed E-state index contributed by atoms with van der Waals surface area (Å²) in [5.41, 5.74) is 0. The van der Waals surface area contributed by atoms with E-state index < -0.39 is 10.0 Å². The largest absolute Gasteiger partial charge is 0.447 e. The van der Waals surface area contributed by atoms with Crippen molar-refractivity contribution in [1.82, 2.24) is 10.0 Å². The number of rotatable bonds is 10. The lowest BCUT2D eigenvalue weighted by Crippen LogP contribution is -2.33. The van der Waals surface area contributed by atoms with E-state index in [1.54, 1.807) is 20.1 Å². The highest BCUT2D eigenvalue weighted by Gasteiger charge is 2.21. The Morgan fingerprint density at radius 3 is 2.80 bits per heavy atom. The SMILES string of the molecule is CCCNCc1ccc(S(=O)(=O)NC(C)CCOC)o1. The molecule has 0 saturated heterocycles. The summed E-state index contributed by atoms with van der Waals surface area (Å²) in [5.74, 6) is 0.614. The summed E-state index contributed by atoms with van der Waals surface area (Å²) < 4.78 is 37.0. The van der Waals surface area contributed by atoms with Crippen molar-refractivity contribution in [2.24, 2.45) is 0 Å². The van der Waals surface area contributed by atoms with Gasteiger partial charge in [-0.3, -0.25) is 0 Å². The van der Waals surface area contributed by atoms with Crippen molar-refractivity contribution < 1.29 is 17.6 Å². The van der Waals surface area contributed by atoms with Gasteiger partial charge in [0.2, 0.25) is 5.09 Å². The summed E-state index contributed by atoms with van der Waals surface area (Å²) in [5, 5.41) is 3.11. The van der Waals surface area contributed by atoms with E-state index in [0.29, 0.717) is 25.3 Å². The lowest BCUT2D eigenvalue weighted by Gasteiger charge is -2.12. The number of nitrogens with one attached hydrogen (secondary N) is 2. The second kappa shape index (κ2) is 8.41. The Hall–Kier alpha value is -0.890. The molecule has 1 unspecified atom stereocenters. The molecule has 0 aliphatic carbocycles.